The van der Waals surface area contributed by atoms with E-state index in [1.165, 1.54) is 11.1 Å². The standard InChI is InChI=1S/C22H28ClN3O2.HI/c1-24-22(26-15-18-6-8-20(23)9-7-18)25-14-17-2-4-19(5-3-17)16-28-21-10-12-27-13-11-21;/h2-9,21H,10-16H2,1H3,(H2,24,25,26);1H. The first-order chi connectivity index (χ1) is 13.7. The van der Waals surface area contributed by atoms with E-state index in [4.69, 9.17) is 21.1 Å². The van der Waals surface area contributed by atoms with Gasteiger partial charge in [-0.3, -0.25) is 4.99 Å². The van der Waals surface area contributed by atoms with Crippen molar-refractivity contribution in [1.29, 1.82) is 0 Å². The maximum absolute atomic E-state index is 5.97. The fraction of sp³-hybridized carbons (Fsp3) is 0.409. The fourth-order valence-electron chi connectivity index (χ4n) is 3.00. The van der Waals surface area contributed by atoms with Crippen LogP contribution < -0.4 is 10.6 Å². The van der Waals surface area contributed by atoms with Gasteiger partial charge < -0.3 is 20.1 Å². The zero-order valence-electron chi connectivity index (χ0n) is 16.7. The molecule has 5 nitrogen and oxygen atoms in total. The summed E-state index contributed by atoms with van der Waals surface area (Å²) in [7, 11) is 1.77. The Morgan fingerprint density at radius 1 is 0.966 bits per heavy atom. The van der Waals surface area contributed by atoms with Gasteiger partial charge in [0, 0.05) is 38.4 Å². The minimum absolute atomic E-state index is 0. The summed E-state index contributed by atoms with van der Waals surface area (Å²) in [5.74, 6) is 0.766. The van der Waals surface area contributed by atoms with Crippen LogP contribution in [0, 0.1) is 0 Å². The molecule has 0 aromatic heterocycles. The summed E-state index contributed by atoms with van der Waals surface area (Å²) in [6, 6.07) is 16.3. The molecule has 1 saturated heterocycles. The van der Waals surface area contributed by atoms with E-state index < -0.39 is 0 Å². The number of hydrogen-bond donors (Lipinski definition) is 2. The number of nitrogens with one attached hydrogen (secondary N) is 2. The SMILES string of the molecule is CN=C(NCc1ccc(Cl)cc1)NCc1ccc(COC2CCOCC2)cc1.I. The van der Waals surface area contributed by atoms with Crippen LogP contribution in [-0.4, -0.2) is 32.3 Å². The Labute approximate surface area is 195 Å². The minimum atomic E-state index is 0. The number of ether oxygens (including phenoxy) is 2. The molecular formula is C22H29ClIN3O2. The van der Waals surface area contributed by atoms with Crippen LogP contribution in [0.2, 0.25) is 5.02 Å². The molecule has 3 rings (SSSR count). The van der Waals surface area contributed by atoms with E-state index in [9.17, 15) is 0 Å². The molecule has 2 N–H and O–H groups in total. The first-order valence-corrected chi connectivity index (χ1v) is 10.1. The van der Waals surface area contributed by atoms with Crippen molar-refractivity contribution >= 4 is 41.5 Å². The van der Waals surface area contributed by atoms with Gasteiger partial charge in [0.15, 0.2) is 5.96 Å². The maximum atomic E-state index is 5.97. The normalized spacial score (nSPS) is 14.9. The van der Waals surface area contributed by atoms with Gasteiger partial charge in [-0.05, 0) is 41.7 Å². The lowest BCUT2D eigenvalue weighted by Crippen LogP contribution is -2.36. The van der Waals surface area contributed by atoms with E-state index in [-0.39, 0.29) is 24.0 Å². The zero-order chi connectivity index (χ0) is 19.6. The van der Waals surface area contributed by atoms with Crippen molar-refractivity contribution in [2.45, 2.75) is 38.6 Å². The average Bonchev–Trinajstić information content (AvgIpc) is 2.75. The number of nitrogens with zero attached hydrogens (tertiary/aromatic N) is 1. The molecule has 7 heteroatoms. The molecule has 0 amide bonds. The molecule has 0 atom stereocenters. The number of hydrogen-bond acceptors (Lipinski definition) is 3. The molecule has 0 unspecified atom stereocenters. The molecule has 0 saturated carbocycles. The molecule has 1 fully saturated rings. The van der Waals surface area contributed by atoms with Gasteiger partial charge in [0.1, 0.15) is 0 Å². The van der Waals surface area contributed by atoms with Crippen LogP contribution in [0.25, 0.3) is 0 Å². The molecule has 1 aliphatic rings. The van der Waals surface area contributed by atoms with Crippen LogP contribution in [-0.2, 0) is 29.2 Å². The Morgan fingerprint density at radius 3 is 2.03 bits per heavy atom. The summed E-state index contributed by atoms with van der Waals surface area (Å²) < 4.78 is 11.3. The van der Waals surface area contributed by atoms with Crippen molar-refractivity contribution < 1.29 is 9.47 Å². The van der Waals surface area contributed by atoms with E-state index in [0.717, 1.165) is 42.6 Å². The molecule has 2 aromatic rings. The lowest BCUT2D eigenvalue weighted by molar-refractivity contribution is -0.0390. The predicted octanol–water partition coefficient (Wildman–Crippen LogP) is 4.52. The third kappa shape index (κ3) is 8.50. The molecule has 0 spiro atoms. The van der Waals surface area contributed by atoms with Crippen LogP contribution in [0.4, 0.5) is 0 Å². The lowest BCUT2D eigenvalue weighted by atomic mass is 10.1. The summed E-state index contributed by atoms with van der Waals surface area (Å²) in [4.78, 5) is 4.27. The topological polar surface area (TPSA) is 54.9 Å². The van der Waals surface area contributed by atoms with Gasteiger partial charge in [0.25, 0.3) is 0 Å². The van der Waals surface area contributed by atoms with Crippen LogP contribution >= 0.6 is 35.6 Å². The van der Waals surface area contributed by atoms with Gasteiger partial charge in [-0.1, -0.05) is 48.0 Å². The van der Waals surface area contributed by atoms with E-state index in [0.29, 0.717) is 25.8 Å². The van der Waals surface area contributed by atoms with Crippen molar-refractivity contribution in [3.05, 3.63) is 70.2 Å². The smallest absolute Gasteiger partial charge is 0.191 e. The molecule has 29 heavy (non-hydrogen) atoms. The van der Waals surface area contributed by atoms with Crippen molar-refractivity contribution in [3.8, 4) is 0 Å². The highest BCUT2D eigenvalue weighted by Gasteiger charge is 2.13. The average molecular weight is 530 g/mol. The van der Waals surface area contributed by atoms with Gasteiger partial charge in [-0.25, -0.2) is 0 Å². The number of guanidine groups is 1. The molecular weight excluding hydrogens is 501 g/mol. The monoisotopic (exact) mass is 529 g/mol. The zero-order valence-corrected chi connectivity index (χ0v) is 19.8. The molecule has 0 radical (unpaired) electrons. The summed E-state index contributed by atoms with van der Waals surface area (Å²) >= 11 is 5.92. The molecule has 0 bridgehead atoms. The van der Waals surface area contributed by atoms with Gasteiger partial charge >= 0.3 is 0 Å². The van der Waals surface area contributed by atoms with Gasteiger partial charge in [0.2, 0.25) is 0 Å². The number of rotatable bonds is 7. The van der Waals surface area contributed by atoms with E-state index in [1.54, 1.807) is 7.05 Å². The van der Waals surface area contributed by atoms with Crippen molar-refractivity contribution in [3.63, 3.8) is 0 Å². The lowest BCUT2D eigenvalue weighted by Gasteiger charge is -2.22. The minimum Gasteiger partial charge on any atom is -0.381 e. The molecule has 0 aliphatic carbocycles. The fourth-order valence-corrected chi connectivity index (χ4v) is 3.13. The van der Waals surface area contributed by atoms with Crippen LogP contribution in [0.5, 0.6) is 0 Å². The van der Waals surface area contributed by atoms with Gasteiger partial charge in [-0.2, -0.15) is 0 Å². The van der Waals surface area contributed by atoms with Gasteiger partial charge in [0.05, 0.1) is 12.7 Å². The van der Waals surface area contributed by atoms with E-state index in [2.05, 4.69) is 39.9 Å². The Morgan fingerprint density at radius 2 is 1.48 bits per heavy atom. The molecule has 158 valence electrons. The number of aliphatic imine (C=N–C) groups is 1. The first-order valence-electron chi connectivity index (χ1n) is 9.69. The van der Waals surface area contributed by atoms with Crippen molar-refractivity contribution in [2.75, 3.05) is 20.3 Å². The Hall–Kier alpha value is -1.35. The largest absolute Gasteiger partial charge is 0.381 e. The third-order valence-electron chi connectivity index (χ3n) is 4.73. The van der Waals surface area contributed by atoms with Crippen LogP contribution in [0.3, 0.4) is 0 Å². The Bertz CT molecular complexity index is 748. The quantitative estimate of drug-likeness (QED) is 0.315. The van der Waals surface area contributed by atoms with Crippen molar-refractivity contribution in [1.82, 2.24) is 10.6 Å². The summed E-state index contributed by atoms with van der Waals surface area (Å²) in [5, 5.41) is 7.39. The molecule has 1 aliphatic heterocycles. The summed E-state index contributed by atoms with van der Waals surface area (Å²) in [6.07, 6.45) is 2.30. The second-order valence-electron chi connectivity index (χ2n) is 6.85. The highest BCUT2D eigenvalue weighted by atomic mass is 127. The van der Waals surface area contributed by atoms with Gasteiger partial charge in [-0.15, -0.1) is 24.0 Å². The van der Waals surface area contributed by atoms with Crippen LogP contribution in [0.15, 0.2) is 53.5 Å². The molecule has 2 aromatic carbocycles. The second kappa shape index (κ2) is 13.1. The highest BCUT2D eigenvalue weighted by Crippen LogP contribution is 2.14. The van der Waals surface area contributed by atoms with E-state index in [1.807, 2.05) is 24.3 Å². The van der Waals surface area contributed by atoms with E-state index >= 15 is 0 Å². The second-order valence-corrected chi connectivity index (χ2v) is 7.28. The molecule has 1 heterocycles. The first kappa shape index (κ1) is 23.9. The number of benzene rings is 2. The third-order valence-corrected chi connectivity index (χ3v) is 4.99. The van der Waals surface area contributed by atoms with Crippen molar-refractivity contribution in [2.24, 2.45) is 4.99 Å². The highest BCUT2D eigenvalue weighted by molar-refractivity contribution is 14.0. The predicted molar refractivity (Wildman–Crippen MR) is 129 cm³/mol. The Kier molecular flexibility index (Phi) is 10.8. The maximum Gasteiger partial charge on any atom is 0.191 e. The summed E-state index contributed by atoms with van der Waals surface area (Å²) in [5.41, 5.74) is 3.55. The Balaban J connectivity index is 0.00000300. The number of halogens is 2. The van der Waals surface area contributed by atoms with Crippen LogP contribution in [0.1, 0.15) is 29.5 Å². The summed E-state index contributed by atoms with van der Waals surface area (Å²) in [6.45, 7) is 3.68.